The van der Waals surface area contributed by atoms with Gasteiger partial charge in [0.25, 0.3) is 0 Å². The van der Waals surface area contributed by atoms with Crippen molar-refractivity contribution >= 4 is 34.1 Å². The standard InChI is InChI=1S/C20H26N12O8S/c1-21-17(25-35)15-13-9(5-23-27(13)3)11-7-29(15)19(33)31(11)39-41(37,38)40-32-12-8-30(20(32)34)16(18(22-2)26-36)14-10(12)6-24-28(14)4/h5-6,11-12,15-16,35-36H,7-8H2,1-4H3,(H,21,25)(H,22,26)/t11-,12-,15-,16-/m0/s1. The highest BCUT2D eigenvalue weighted by molar-refractivity contribution is 7.81. The van der Waals surface area contributed by atoms with Crippen molar-refractivity contribution in [3.8, 4) is 0 Å². The molecular weight excluding hydrogens is 568 g/mol. The Balaban J connectivity index is 1.29. The van der Waals surface area contributed by atoms with Crippen LogP contribution in [0.15, 0.2) is 22.4 Å². The summed E-state index contributed by atoms with van der Waals surface area (Å²) in [5.41, 5.74) is 5.86. The monoisotopic (exact) mass is 594 g/mol. The lowest BCUT2D eigenvalue weighted by Crippen LogP contribution is -2.44. The third-order valence-corrected chi connectivity index (χ3v) is 8.32. The van der Waals surface area contributed by atoms with E-state index in [4.69, 9.17) is 8.57 Å². The Morgan fingerprint density at radius 1 is 0.854 bits per heavy atom. The number of hydrogen-bond acceptors (Lipinski definition) is 12. The number of fused-ring (bicyclic) bond motifs is 8. The lowest BCUT2D eigenvalue weighted by atomic mass is 9.97. The molecule has 220 valence electrons. The molecule has 4 amide bonds. The van der Waals surface area contributed by atoms with Crippen molar-refractivity contribution in [1.82, 2.24) is 50.4 Å². The Kier molecular flexibility index (Phi) is 6.15. The van der Waals surface area contributed by atoms with E-state index in [9.17, 15) is 28.4 Å². The number of hydrogen-bond donors (Lipinski definition) is 4. The number of carbonyl (C=O) groups is 2. The minimum absolute atomic E-state index is 0.00846. The van der Waals surface area contributed by atoms with Gasteiger partial charge in [0.05, 0.1) is 36.9 Å². The second kappa shape index (κ2) is 9.37. The van der Waals surface area contributed by atoms with E-state index in [1.807, 2.05) is 11.0 Å². The molecule has 0 saturated carbocycles. The van der Waals surface area contributed by atoms with Gasteiger partial charge < -0.3 is 9.80 Å². The number of nitrogens with one attached hydrogen (secondary N) is 2. The summed E-state index contributed by atoms with van der Waals surface area (Å²) in [6.45, 7) is -0.0169. The number of nitrogens with zero attached hydrogens (tertiary/aromatic N) is 10. The first-order chi connectivity index (χ1) is 19.6. The van der Waals surface area contributed by atoms with E-state index >= 15 is 0 Å². The molecule has 4 aliphatic heterocycles. The molecule has 0 unspecified atom stereocenters. The maximum Gasteiger partial charge on any atom is 0.442 e. The van der Waals surface area contributed by atoms with Crippen LogP contribution in [0.25, 0.3) is 0 Å². The molecule has 4 aliphatic rings. The number of amides is 4. The van der Waals surface area contributed by atoms with Gasteiger partial charge in [-0.15, -0.1) is 8.57 Å². The molecule has 0 spiro atoms. The second-order valence-corrected chi connectivity index (χ2v) is 10.7. The molecule has 2 saturated heterocycles. The first kappa shape index (κ1) is 26.9. The molecule has 4 N–H and O–H groups in total. The summed E-state index contributed by atoms with van der Waals surface area (Å²) in [6, 6.07) is -5.30. The summed E-state index contributed by atoms with van der Waals surface area (Å²) < 4.78 is 39.8. The van der Waals surface area contributed by atoms with E-state index in [2.05, 4.69) is 20.2 Å². The molecule has 4 atom stereocenters. The zero-order valence-electron chi connectivity index (χ0n) is 22.1. The van der Waals surface area contributed by atoms with Crippen molar-refractivity contribution in [3.63, 3.8) is 0 Å². The third kappa shape index (κ3) is 3.77. The Bertz CT molecular complexity index is 1490. The Morgan fingerprint density at radius 2 is 1.24 bits per heavy atom. The maximum absolute atomic E-state index is 13.4. The van der Waals surface area contributed by atoms with Crippen LogP contribution in [0.3, 0.4) is 0 Å². The molecule has 0 aliphatic carbocycles. The fraction of sp³-hybridized carbons (Fsp3) is 0.500. The molecule has 2 fully saturated rings. The highest BCUT2D eigenvalue weighted by Crippen LogP contribution is 2.46. The SMILES string of the molecule is CN=C(NO)[C@@H]1c2c(cnn2C)[C@@H]2CN1C(=O)N2OS(=O)(=O)ON1C(=O)N2C[C@H]1c1cnn(C)c1[C@H]2C(=NC)NO. The molecule has 2 aromatic rings. The molecule has 2 aromatic heterocycles. The van der Waals surface area contributed by atoms with E-state index in [1.165, 1.54) is 45.7 Å². The van der Waals surface area contributed by atoms with Gasteiger partial charge in [0.1, 0.15) is 35.8 Å². The van der Waals surface area contributed by atoms with Crippen LogP contribution in [0.4, 0.5) is 9.59 Å². The highest BCUT2D eigenvalue weighted by Gasteiger charge is 2.56. The number of carbonyl (C=O) groups excluding carboxylic acids is 2. The van der Waals surface area contributed by atoms with Crippen LogP contribution in [0, 0.1) is 0 Å². The highest BCUT2D eigenvalue weighted by atomic mass is 32.3. The lowest BCUT2D eigenvalue weighted by Gasteiger charge is -2.31. The Hall–Kier alpha value is -4.31. The van der Waals surface area contributed by atoms with Crippen molar-refractivity contribution in [3.05, 3.63) is 34.9 Å². The van der Waals surface area contributed by atoms with Gasteiger partial charge in [-0.25, -0.2) is 9.59 Å². The Morgan fingerprint density at radius 3 is 1.59 bits per heavy atom. The molecule has 6 heterocycles. The van der Waals surface area contributed by atoms with E-state index < -0.39 is 46.6 Å². The number of aryl methyl sites for hydroxylation is 2. The normalized spacial score (nSPS) is 25.7. The van der Waals surface area contributed by atoms with Crippen LogP contribution >= 0.6 is 0 Å². The van der Waals surface area contributed by atoms with Crippen LogP contribution in [-0.4, -0.2) is 109 Å². The van der Waals surface area contributed by atoms with Crippen molar-refractivity contribution in [2.75, 3.05) is 27.2 Å². The van der Waals surface area contributed by atoms with Crippen LogP contribution < -0.4 is 11.0 Å². The van der Waals surface area contributed by atoms with Gasteiger partial charge in [-0.1, -0.05) is 0 Å². The number of aromatic nitrogens is 4. The van der Waals surface area contributed by atoms with E-state index in [1.54, 1.807) is 14.1 Å². The third-order valence-electron chi connectivity index (χ3n) is 7.63. The van der Waals surface area contributed by atoms with Crippen LogP contribution in [0.1, 0.15) is 46.7 Å². The molecule has 4 bridgehead atoms. The van der Waals surface area contributed by atoms with E-state index in [0.717, 1.165) is 0 Å². The van der Waals surface area contributed by atoms with Crippen LogP contribution in [0.5, 0.6) is 0 Å². The second-order valence-electron chi connectivity index (χ2n) is 9.57. The summed E-state index contributed by atoms with van der Waals surface area (Å²) in [5, 5.41) is 28.9. The maximum atomic E-state index is 13.4. The first-order valence-corrected chi connectivity index (χ1v) is 13.5. The smallest absolute Gasteiger partial charge is 0.304 e. The first-order valence-electron chi connectivity index (χ1n) is 12.2. The van der Waals surface area contributed by atoms with Gasteiger partial charge in [-0.3, -0.25) is 40.7 Å². The van der Waals surface area contributed by atoms with Crippen LogP contribution in [-0.2, 0) is 33.1 Å². The average Bonchev–Trinajstić information content (AvgIpc) is 3.66. The zero-order valence-corrected chi connectivity index (χ0v) is 22.9. The molecule has 20 nitrogen and oxygen atoms in total. The van der Waals surface area contributed by atoms with Gasteiger partial charge in [0.15, 0.2) is 0 Å². The summed E-state index contributed by atoms with van der Waals surface area (Å²) >= 11 is 0. The van der Waals surface area contributed by atoms with Gasteiger partial charge in [0.2, 0.25) is 0 Å². The van der Waals surface area contributed by atoms with Gasteiger partial charge in [-0.2, -0.15) is 28.7 Å². The molecule has 21 heteroatoms. The topological polar surface area (TPSA) is 225 Å². The minimum atomic E-state index is -5.07. The summed E-state index contributed by atoms with van der Waals surface area (Å²) in [7, 11) is 1.02. The van der Waals surface area contributed by atoms with Crippen molar-refractivity contribution in [2.45, 2.75) is 24.2 Å². The lowest BCUT2D eigenvalue weighted by molar-refractivity contribution is -0.0846. The summed E-state index contributed by atoms with van der Waals surface area (Å²) in [5.74, 6) is 0.0570. The van der Waals surface area contributed by atoms with E-state index in [-0.39, 0.29) is 24.8 Å². The number of aliphatic imine (C=N–C) groups is 2. The fourth-order valence-electron chi connectivity index (χ4n) is 5.88. The minimum Gasteiger partial charge on any atom is -0.304 e. The fourth-order valence-corrected chi connectivity index (χ4v) is 6.64. The van der Waals surface area contributed by atoms with Gasteiger partial charge in [-0.05, 0) is 0 Å². The molecular formula is C20H26N12O8S. The van der Waals surface area contributed by atoms with Crippen LogP contribution in [0.2, 0.25) is 0 Å². The number of rotatable bonds is 6. The molecule has 6 rings (SSSR count). The molecule has 0 aromatic carbocycles. The number of hydroxylamine groups is 6. The molecule has 0 radical (unpaired) electrons. The van der Waals surface area contributed by atoms with Crippen molar-refractivity contribution < 1.29 is 37.0 Å². The number of urea groups is 2. The quantitative estimate of drug-likeness (QED) is 0.173. The van der Waals surface area contributed by atoms with E-state index in [0.29, 0.717) is 32.6 Å². The Labute approximate surface area is 232 Å². The van der Waals surface area contributed by atoms with Gasteiger partial charge in [0, 0.05) is 39.3 Å². The predicted octanol–water partition coefficient (Wildman–Crippen LogP) is -1.36. The predicted molar refractivity (Wildman–Crippen MR) is 133 cm³/mol. The summed E-state index contributed by atoms with van der Waals surface area (Å²) in [6.07, 6.45) is 2.92. The van der Waals surface area contributed by atoms with Crippen molar-refractivity contribution in [1.29, 1.82) is 0 Å². The summed E-state index contributed by atoms with van der Waals surface area (Å²) in [4.78, 5) is 37.3. The zero-order chi connectivity index (χ0) is 29.4. The van der Waals surface area contributed by atoms with Gasteiger partial charge >= 0.3 is 22.5 Å². The average molecular weight is 595 g/mol. The van der Waals surface area contributed by atoms with Crippen molar-refractivity contribution in [2.24, 2.45) is 24.1 Å². The molecule has 41 heavy (non-hydrogen) atoms. The largest absolute Gasteiger partial charge is 0.442 e. The number of amidine groups is 2.